The number of aromatic amines is 1. The van der Waals surface area contributed by atoms with E-state index in [1.807, 2.05) is 18.5 Å². The molecule has 2 N–H and O–H groups in total. The van der Waals surface area contributed by atoms with E-state index in [9.17, 15) is 0 Å². The van der Waals surface area contributed by atoms with Gasteiger partial charge in [0.1, 0.15) is 11.3 Å². The molecule has 2 aromatic heterocycles. The van der Waals surface area contributed by atoms with Crippen molar-refractivity contribution in [1.82, 2.24) is 15.0 Å². The minimum absolute atomic E-state index is 0.191. The van der Waals surface area contributed by atoms with Crippen LogP contribution < -0.4 is 5.32 Å². The highest BCUT2D eigenvalue weighted by Gasteiger charge is 2.26. The van der Waals surface area contributed by atoms with Crippen LogP contribution in [0.2, 0.25) is 0 Å². The van der Waals surface area contributed by atoms with E-state index >= 15 is 0 Å². The Morgan fingerprint density at radius 3 is 2.94 bits per heavy atom. The summed E-state index contributed by atoms with van der Waals surface area (Å²) in [7, 11) is 0. The van der Waals surface area contributed by atoms with Crippen LogP contribution in [0, 0.1) is 0 Å². The van der Waals surface area contributed by atoms with Gasteiger partial charge in [-0.2, -0.15) is 0 Å². The van der Waals surface area contributed by atoms with E-state index in [4.69, 9.17) is 0 Å². The fourth-order valence-corrected chi connectivity index (χ4v) is 2.66. The van der Waals surface area contributed by atoms with E-state index in [2.05, 4.69) is 27.2 Å². The summed E-state index contributed by atoms with van der Waals surface area (Å²) in [6.07, 6.45) is 10.1. The zero-order valence-corrected chi connectivity index (χ0v) is 10.2. The van der Waals surface area contributed by atoms with Crippen molar-refractivity contribution in [3.8, 4) is 0 Å². The first-order chi connectivity index (χ1) is 8.25. The molecule has 0 amide bonds. The van der Waals surface area contributed by atoms with Gasteiger partial charge in [0.05, 0.1) is 6.20 Å². The van der Waals surface area contributed by atoms with Crippen molar-refractivity contribution in [2.24, 2.45) is 0 Å². The van der Waals surface area contributed by atoms with Gasteiger partial charge < -0.3 is 10.3 Å². The molecule has 0 atom stereocenters. The van der Waals surface area contributed by atoms with Crippen LogP contribution in [0.4, 0.5) is 5.82 Å². The molecule has 0 spiro atoms. The topological polar surface area (TPSA) is 53.6 Å². The van der Waals surface area contributed by atoms with Gasteiger partial charge >= 0.3 is 0 Å². The van der Waals surface area contributed by atoms with E-state index < -0.39 is 0 Å². The number of fused-ring (bicyclic) bond motifs is 1. The molecular weight excluding hydrogens is 212 g/mol. The second-order valence-corrected chi connectivity index (χ2v) is 5.21. The Kier molecular flexibility index (Phi) is 2.50. The molecule has 0 bridgehead atoms. The van der Waals surface area contributed by atoms with Gasteiger partial charge in [0, 0.05) is 11.7 Å². The number of hydrogen-bond donors (Lipinski definition) is 2. The molecular formula is C13H18N4. The first kappa shape index (κ1) is 10.6. The Bertz CT molecular complexity index is 511. The second-order valence-electron chi connectivity index (χ2n) is 5.21. The molecule has 1 saturated carbocycles. The van der Waals surface area contributed by atoms with Crippen molar-refractivity contribution in [3.05, 3.63) is 18.5 Å². The molecule has 0 unspecified atom stereocenters. The summed E-state index contributed by atoms with van der Waals surface area (Å²) in [6, 6.07) is 1.96. The van der Waals surface area contributed by atoms with Gasteiger partial charge in [-0.1, -0.05) is 19.3 Å². The quantitative estimate of drug-likeness (QED) is 0.833. The van der Waals surface area contributed by atoms with E-state index in [1.54, 1.807) is 0 Å². The lowest BCUT2D eigenvalue weighted by molar-refractivity contribution is 0.348. The standard InChI is InChI=1S/C13H18N4/c1-13(6-3-2-4-7-13)17-11-9-15-12-10(16-11)5-8-14-12/h5,8-9H,2-4,6-7H2,1H3,(H,14,15)(H,16,17). The van der Waals surface area contributed by atoms with Gasteiger partial charge in [0.2, 0.25) is 0 Å². The third-order valence-corrected chi connectivity index (χ3v) is 3.65. The Balaban J connectivity index is 1.83. The Morgan fingerprint density at radius 2 is 2.12 bits per heavy atom. The predicted octanol–water partition coefficient (Wildman–Crippen LogP) is 3.09. The van der Waals surface area contributed by atoms with Crippen molar-refractivity contribution >= 4 is 17.0 Å². The van der Waals surface area contributed by atoms with Crippen molar-refractivity contribution in [2.75, 3.05) is 5.32 Å². The maximum Gasteiger partial charge on any atom is 0.156 e. The van der Waals surface area contributed by atoms with Crippen molar-refractivity contribution in [2.45, 2.75) is 44.6 Å². The van der Waals surface area contributed by atoms with Gasteiger partial charge in [-0.3, -0.25) is 0 Å². The molecule has 90 valence electrons. The second kappa shape index (κ2) is 4.02. The summed E-state index contributed by atoms with van der Waals surface area (Å²) >= 11 is 0. The molecule has 0 aromatic carbocycles. The van der Waals surface area contributed by atoms with Crippen LogP contribution >= 0.6 is 0 Å². The lowest BCUT2D eigenvalue weighted by Crippen LogP contribution is -2.37. The summed E-state index contributed by atoms with van der Waals surface area (Å²) in [5.41, 5.74) is 1.97. The number of nitrogens with one attached hydrogen (secondary N) is 2. The van der Waals surface area contributed by atoms with Gasteiger partial charge in [-0.25, -0.2) is 9.97 Å². The number of rotatable bonds is 2. The summed E-state index contributed by atoms with van der Waals surface area (Å²) in [5.74, 6) is 0.890. The van der Waals surface area contributed by atoms with Crippen LogP contribution in [0.25, 0.3) is 11.2 Å². The number of hydrogen-bond acceptors (Lipinski definition) is 3. The SMILES string of the molecule is CC1(Nc2cnc3[nH]ccc3n2)CCCCC1. The van der Waals surface area contributed by atoms with Crippen molar-refractivity contribution < 1.29 is 0 Å². The summed E-state index contributed by atoms with van der Waals surface area (Å²) in [4.78, 5) is 12.0. The molecule has 1 aliphatic rings. The number of aromatic nitrogens is 3. The highest BCUT2D eigenvalue weighted by Crippen LogP contribution is 2.30. The maximum atomic E-state index is 4.57. The maximum absolute atomic E-state index is 4.57. The molecule has 2 aromatic rings. The smallest absolute Gasteiger partial charge is 0.156 e. The number of anilines is 1. The Hall–Kier alpha value is -1.58. The molecule has 1 fully saturated rings. The molecule has 17 heavy (non-hydrogen) atoms. The van der Waals surface area contributed by atoms with E-state index in [-0.39, 0.29) is 5.54 Å². The van der Waals surface area contributed by atoms with Gasteiger partial charge in [-0.15, -0.1) is 0 Å². The zero-order valence-electron chi connectivity index (χ0n) is 10.2. The van der Waals surface area contributed by atoms with Gasteiger partial charge in [-0.05, 0) is 25.8 Å². The molecule has 4 heteroatoms. The highest BCUT2D eigenvalue weighted by molar-refractivity contribution is 5.71. The molecule has 2 heterocycles. The van der Waals surface area contributed by atoms with Crippen molar-refractivity contribution in [3.63, 3.8) is 0 Å². The highest BCUT2D eigenvalue weighted by atomic mass is 15.1. The molecule has 4 nitrogen and oxygen atoms in total. The molecule has 0 radical (unpaired) electrons. The fraction of sp³-hybridized carbons (Fsp3) is 0.538. The monoisotopic (exact) mass is 230 g/mol. The average Bonchev–Trinajstić information content (AvgIpc) is 2.76. The predicted molar refractivity (Wildman–Crippen MR) is 69.0 cm³/mol. The van der Waals surface area contributed by atoms with Crippen LogP contribution in [0.5, 0.6) is 0 Å². The van der Waals surface area contributed by atoms with E-state index in [0.29, 0.717) is 0 Å². The van der Waals surface area contributed by atoms with E-state index in [1.165, 1.54) is 32.1 Å². The summed E-state index contributed by atoms with van der Waals surface area (Å²) < 4.78 is 0. The van der Waals surface area contributed by atoms with Crippen LogP contribution in [0.3, 0.4) is 0 Å². The minimum atomic E-state index is 0.191. The fourth-order valence-electron chi connectivity index (χ4n) is 2.66. The van der Waals surface area contributed by atoms with Crippen LogP contribution in [-0.4, -0.2) is 20.5 Å². The molecule has 3 rings (SSSR count). The molecule has 0 aliphatic heterocycles. The lowest BCUT2D eigenvalue weighted by atomic mass is 9.83. The van der Waals surface area contributed by atoms with Gasteiger partial charge in [0.25, 0.3) is 0 Å². The van der Waals surface area contributed by atoms with Gasteiger partial charge in [0.15, 0.2) is 5.65 Å². The van der Waals surface area contributed by atoms with E-state index in [0.717, 1.165) is 17.0 Å². The van der Waals surface area contributed by atoms with Crippen molar-refractivity contribution in [1.29, 1.82) is 0 Å². The third kappa shape index (κ3) is 2.12. The zero-order chi connectivity index (χ0) is 11.7. The van der Waals surface area contributed by atoms with Crippen LogP contribution in [0.15, 0.2) is 18.5 Å². The lowest BCUT2D eigenvalue weighted by Gasteiger charge is -2.34. The summed E-state index contributed by atoms with van der Waals surface area (Å²) in [6.45, 7) is 2.29. The number of H-pyrrole nitrogens is 1. The Morgan fingerprint density at radius 1 is 1.29 bits per heavy atom. The summed E-state index contributed by atoms with van der Waals surface area (Å²) in [5, 5.41) is 3.55. The van der Waals surface area contributed by atoms with Crippen LogP contribution in [0.1, 0.15) is 39.0 Å². The first-order valence-electron chi connectivity index (χ1n) is 6.34. The third-order valence-electron chi connectivity index (χ3n) is 3.65. The Labute approximate surface area is 101 Å². The molecule has 0 saturated heterocycles. The average molecular weight is 230 g/mol. The normalized spacial score (nSPS) is 19.4. The largest absolute Gasteiger partial charge is 0.364 e. The molecule has 1 aliphatic carbocycles. The first-order valence-corrected chi connectivity index (χ1v) is 6.34. The minimum Gasteiger partial charge on any atom is -0.364 e. The number of nitrogens with zero attached hydrogens (tertiary/aromatic N) is 2. The van der Waals surface area contributed by atoms with Crippen LogP contribution in [-0.2, 0) is 0 Å².